The summed E-state index contributed by atoms with van der Waals surface area (Å²) in [6.45, 7) is 0.287. The number of amides is 1. The molecule has 9 heteroatoms. The minimum Gasteiger partial charge on any atom is -0.345 e. The zero-order valence-corrected chi connectivity index (χ0v) is 14.4. The topological polar surface area (TPSA) is 101 Å². The van der Waals surface area contributed by atoms with Gasteiger partial charge in [0.15, 0.2) is 0 Å². The quantitative estimate of drug-likeness (QED) is 0.549. The predicted molar refractivity (Wildman–Crippen MR) is 94.1 cm³/mol. The summed E-state index contributed by atoms with van der Waals surface area (Å²) in [5.74, 6) is 0.445. The number of tetrazole rings is 1. The lowest BCUT2D eigenvalue weighted by Gasteiger charge is -2.09. The van der Waals surface area contributed by atoms with E-state index in [1.807, 2.05) is 30.3 Å². The molecular formula is C16H12BrN7O. The highest BCUT2D eigenvalue weighted by atomic mass is 79.9. The van der Waals surface area contributed by atoms with Crippen molar-refractivity contribution in [2.75, 3.05) is 0 Å². The third kappa shape index (κ3) is 3.13. The van der Waals surface area contributed by atoms with Gasteiger partial charge in [0.25, 0.3) is 5.91 Å². The number of para-hydroxylation sites is 2. The van der Waals surface area contributed by atoms with Crippen LogP contribution in [0.5, 0.6) is 0 Å². The van der Waals surface area contributed by atoms with Crippen LogP contribution in [0.3, 0.4) is 0 Å². The Bertz CT molecular complexity index is 1010. The second-order valence-corrected chi connectivity index (χ2v) is 6.21. The Kier molecular flexibility index (Phi) is 3.98. The van der Waals surface area contributed by atoms with Crippen LogP contribution in [-0.2, 0) is 6.54 Å². The minimum absolute atomic E-state index is 0.243. The van der Waals surface area contributed by atoms with Gasteiger partial charge in [-0.3, -0.25) is 4.79 Å². The molecule has 4 rings (SSSR count). The second kappa shape index (κ2) is 6.44. The number of halogens is 1. The number of aromatic nitrogens is 6. The molecule has 0 spiro atoms. The molecule has 25 heavy (non-hydrogen) atoms. The highest BCUT2D eigenvalue weighted by Gasteiger charge is 2.15. The Labute approximate surface area is 150 Å². The van der Waals surface area contributed by atoms with Gasteiger partial charge < -0.3 is 10.3 Å². The Balaban J connectivity index is 1.57. The summed E-state index contributed by atoms with van der Waals surface area (Å²) in [5, 5.41) is 13.9. The average molecular weight is 398 g/mol. The summed E-state index contributed by atoms with van der Waals surface area (Å²) in [6, 6.07) is 13.0. The van der Waals surface area contributed by atoms with Crippen LogP contribution in [-0.4, -0.2) is 36.1 Å². The molecule has 0 aliphatic heterocycles. The van der Waals surface area contributed by atoms with Crippen LogP contribution in [0.25, 0.3) is 16.7 Å². The fourth-order valence-corrected chi connectivity index (χ4v) is 2.87. The third-order valence-corrected chi connectivity index (χ3v) is 4.15. The van der Waals surface area contributed by atoms with Crippen molar-refractivity contribution >= 4 is 32.9 Å². The van der Waals surface area contributed by atoms with E-state index in [0.29, 0.717) is 17.1 Å². The summed E-state index contributed by atoms with van der Waals surface area (Å²) < 4.78 is 2.24. The number of rotatable bonds is 4. The van der Waals surface area contributed by atoms with Crippen molar-refractivity contribution in [2.24, 2.45) is 0 Å². The smallest absolute Gasteiger partial charge is 0.253 e. The van der Waals surface area contributed by atoms with Gasteiger partial charge in [0.2, 0.25) is 0 Å². The van der Waals surface area contributed by atoms with Crippen LogP contribution in [0.1, 0.15) is 16.2 Å². The SMILES string of the molecule is O=C(NCc1nc2ccccc2[nH]1)c1cc(Br)ccc1-n1cnnn1. The standard InChI is InChI=1S/C16H12BrN7O/c17-10-5-6-14(24-9-19-22-23-24)11(7-10)16(25)18-8-15-20-12-3-1-2-4-13(12)21-15/h1-7,9H,8H2,(H,18,25)(H,20,21). The van der Waals surface area contributed by atoms with Crippen molar-refractivity contribution in [1.29, 1.82) is 0 Å². The highest BCUT2D eigenvalue weighted by Crippen LogP contribution is 2.19. The maximum absolute atomic E-state index is 12.6. The van der Waals surface area contributed by atoms with Gasteiger partial charge in [0.1, 0.15) is 12.2 Å². The summed E-state index contributed by atoms with van der Waals surface area (Å²) in [6.07, 6.45) is 1.44. The Morgan fingerprint density at radius 1 is 1.24 bits per heavy atom. The fraction of sp³-hybridized carbons (Fsp3) is 0.0625. The molecule has 0 saturated carbocycles. The van der Waals surface area contributed by atoms with E-state index in [9.17, 15) is 4.79 Å². The monoisotopic (exact) mass is 397 g/mol. The van der Waals surface area contributed by atoms with E-state index < -0.39 is 0 Å². The van der Waals surface area contributed by atoms with Gasteiger partial charge in [-0.05, 0) is 40.8 Å². The van der Waals surface area contributed by atoms with Crippen molar-refractivity contribution < 1.29 is 4.79 Å². The molecular weight excluding hydrogens is 386 g/mol. The molecule has 2 N–H and O–H groups in total. The summed E-state index contributed by atoms with van der Waals surface area (Å²) in [4.78, 5) is 20.3. The second-order valence-electron chi connectivity index (χ2n) is 5.30. The largest absolute Gasteiger partial charge is 0.345 e. The molecule has 0 aliphatic rings. The lowest BCUT2D eigenvalue weighted by atomic mass is 10.1. The number of imidazole rings is 1. The number of benzene rings is 2. The number of H-pyrrole nitrogens is 1. The van der Waals surface area contributed by atoms with Gasteiger partial charge in [0, 0.05) is 4.47 Å². The molecule has 8 nitrogen and oxygen atoms in total. The zero-order valence-electron chi connectivity index (χ0n) is 12.8. The Morgan fingerprint density at radius 2 is 2.12 bits per heavy atom. The first-order valence-electron chi connectivity index (χ1n) is 7.45. The molecule has 1 amide bonds. The summed E-state index contributed by atoms with van der Waals surface area (Å²) in [5.41, 5.74) is 2.85. The van der Waals surface area contributed by atoms with Gasteiger partial charge in [-0.1, -0.05) is 28.1 Å². The molecule has 0 radical (unpaired) electrons. The number of fused-ring (bicyclic) bond motifs is 1. The highest BCUT2D eigenvalue weighted by molar-refractivity contribution is 9.10. The van der Waals surface area contributed by atoms with Crippen molar-refractivity contribution in [2.45, 2.75) is 6.54 Å². The molecule has 2 aromatic carbocycles. The van der Waals surface area contributed by atoms with Crippen LogP contribution in [0.15, 0.2) is 53.3 Å². The first-order chi connectivity index (χ1) is 12.2. The molecule has 0 atom stereocenters. The van der Waals surface area contributed by atoms with E-state index in [0.717, 1.165) is 15.5 Å². The summed E-state index contributed by atoms with van der Waals surface area (Å²) >= 11 is 3.39. The molecule has 0 bridgehead atoms. The van der Waals surface area contributed by atoms with Crippen LogP contribution < -0.4 is 5.32 Å². The maximum Gasteiger partial charge on any atom is 0.253 e. The number of carbonyl (C=O) groups is 1. The number of nitrogens with zero attached hydrogens (tertiary/aromatic N) is 5. The van der Waals surface area contributed by atoms with Gasteiger partial charge in [-0.15, -0.1) is 5.10 Å². The molecule has 2 aromatic heterocycles. The lowest BCUT2D eigenvalue weighted by molar-refractivity contribution is 0.0949. The number of carbonyl (C=O) groups excluding carboxylic acids is 1. The van der Waals surface area contributed by atoms with Crippen LogP contribution in [0.4, 0.5) is 0 Å². The van der Waals surface area contributed by atoms with Crippen LogP contribution in [0.2, 0.25) is 0 Å². The van der Waals surface area contributed by atoms with Gasteiger partial charge in [-0.2, -0.15) is 4.68 Å². The molecule has 2 heterocycles. The minimum atomic E-state index is -0.243. The van der Waals surface area contributed by atoms with Crippen molar-refractivity contribution in [3.05, 3.63) is 64.7 Å². The van der Waals surface area contributed by atoms with Gasteiger partial charge in [0.05, 0.1) is 28.8 Å². The third-order valence-electron chi connectivity index (χ3n) is 3.65. The average Bonchev–Trinajstić information content (AvgIpc) is 3.28. The fourth-order valence-electron chi connectivity index (χ4n) is 2.51. The first kappa shape index (κ1) is 15.5. The molecule has 0 aliphatic carbocycles. The van der Waals surface area contributed by atoms with E-state index >= 15 is 0 Å². The molecule has 0 unspecified atom stereocenters. The van der Waals surface area contributed by atoms with E-state index in [4.69, 9.17) is 0 Å². The van der Waals surface area contributed by atoms with Crippen molar-refractivity contribution in [1.82, 2.24) is 35.5 Å². The van der Waals surface area contributed by atoms with Gasteiger partial charge in [-0.25, -0.2) is 4.98 Å². The maximum atomic E-state index is 12.6. The van der Waals surface area contributed by atoms with E-state index in [1.165, 1.54) is 11.0 Å². The molecule has 124 valence electrons. The van der Waals surface area contributed by atoms with E-state index in [1.54, 1.807) is 12.1 Å². The first-order valence-corrected chi connectivity index (χ1v) is 8.25. The molecule has 0 saturated heterocycles. The molecule has 0 fully saturated rings. The lowest BCUT2D eigenvalue weighted by Crippen LogP contribution is -2.25. The molecule has 4 aromatic rings. The number of nitrogens with one attached hydrogen (secondary N) is 2. The normalized spacial score (nSPS) is 10.9. The Hall–Kier alpha value is -3.07. The van der Waals surface area contributed by atoms with Crippen LogP contribution in [0, 0.1) is 0 Å². The number of aromatic amines is 1. The van der Waals surface area contributed by atoms with E-state index in [2.05, 4.69) is 46.7 Å². The van der Waals surface area contributed by atoms with Gasteiger partial charge >= 0.3 is 0 Å². The zero-order chi connectivity index (χ0) is 17.2. The number of hydrogen-bond acceptors (Lipinski definition) is 5. The predicted octanol–water partition coefficient (Wildman–Crippen LogP) is 2.23. The Morgan fingerprint density at radius 3 is 2.92 bits per heavy atom. The van der Waals surface area contributed by atoms with Crippen molar-refractivity contribution in [3.8, 4) is 5.69 Å². The van der Waals surface area contributed by atoms with Crippen LogP contribution >= 0.6 is 15.9 Å². The van der Waals surface area contributed by atoms with Crippen molar-refractivity contribution in [3.63, 3.8) is 0 Å². The number of hydrogen-bond donors (Lipinski definition) is 2. The summed E-state index contributed by atoms with van der Waals surface area (Å²) in [7, 11) is 0. The van der Waals surface area contributed by atoms with E-state index in [-0.39, 0.29) is 12.5 Å².